The molecule has 1 rings (SSSR count). The lowest BCUT2D eigenvalue weighted by atomic mass is 10.1. The summed E-state index contributed by atoms with van der Waals surface area (Å²) in [5, 5.41) is 4.89. The number of allylic oxidation sites excluding steroid dienone is 1. The first-order valence-electron chi connectivity index (χ1n) is 4.29. The number of rotatable bonds is 4. The summed E-state index contributed by atoms with van der Waals surface area (Å²) in [5.74, 6) is 0. The van der Waals surface area contributed by atoms with Gasteiger partial charge in [-0.15, -0.1) is 0 Å². The lowest BCUT2D eigenvalue weighted by molar-refractivity contribution is 1.21. The van der Waals surface area contributed by atoms with Crippen molar-refractivity contribution in [2.45, 2.75) is 0 Å². The van der Waals surface area contributed by atoms with Gasteiger partial charge in [-0.1, -0.05) is 50.9 Å². The van der Waals surface area contributed by atoms with Crippen molar-refractivity contribution in [2.75, 3.05) is 11.9 Å². The van der Waals surface area contributed by atoms with Crippen molar-refractivity contribution in [3.05, 3.63) is 51.4 Å². The Morgan fingerprint density at radius 3 is 2.67 bits per heavy atom. The molecule has 0 aliphatic rings. The number of benzene rings is 1. The Kier molecular flexibility index (Phi) is 5.26. The number of nitrogens with zero attached hydrogens (tertiary/aromatic N) is 3. The van der Waals surface area contributed by atoms with E-state index in [-0.39, 0.29) is 0 Å². The largest absolute Gasteiger partial charge is 0.0899 e. The normalized spacial score (nSPS) is 10.9. The molecule has 0 saturated heterocycles. The van der Waals surface area contributed by atoms with Crippen molar-refractivity contribution >= 4 is 33.1 Å². The fourth-order valence-electron chi connectivity index (χ4n) is 1.10. The Labute approximate surface area is 102 Å². The molecule has 15 heavy (non-hydrogen) atoms. The first kappa shape index (κ1) is 12.1. The van der Waals surface area contributed by atoms with Crippen LogP contribution in [-0.2, 0) is 0 Å². The minimum Gasteiger partial charge on any atom is -0.0899 e. The minimum atomic E-state index is 0.361. The number of halogens is 2. The molecule has 0 amide bonds. The molecule has 1 aromatic rings. The fourth-order valence-corrected chi connectivity index (χ4v) is 1.78. The van der Waals surface area contributed by atoms with E-state index >= 15 is 0 Å². The molecule has 0 unspecified atom stereocenters. The summed E-state index contributed by atoms with van der Waals surface area (Å²) < 4.78 is 0. The van der Waals surface area contributed by atoms with Crippen molar-refractivity contribution in [1.82, 2.24) is 0 Å². The van der Waals surface area contributed by atoms with Gasteiger partial charge < -0.3 is 0 Å². The fraction of sp³-hybridized carbons (Fsp3) is 0.200. The summed E-state index contributed by atoms with van der Waals surface area (Å²) in [7, 11) is 0. The maximum absolute atomic E-state index is 8.16. The van der Waals surface area contributed by atoms with Crippen molar-refractivity contribution in [1.29, 1.82) is 0 Å². The summed E-state index contributed by atoms with van der Waals surface area (Å²) in [6.07, 6.45) is 1.89. The lowest BCUT2D eigenvalue weighted by Gasteiger charge is -2.03. The van der Waals surface area contributed by atoms with Gasteiger partial charge in [-0.05, 0) is 28.8 Å². The standard InChI is InChI=1S/C10H9BrClN3/c11-7-9(5-6-14-15-13)8-1-3-10(12)4-2-8/h1-5H,6-7H2/b9-5+. The van der Waals surface area contributed by atoms with Crippen LogP contribution in [0.3, 0.4) is 0 Å². The molecule has 3 nitrogen and oxygen atoms in total. The molecule has 0 N–H and O–H groups in total. The van der Waals surface area contributed by atoms with Crippen LogP contribution in [0.15, 0.2) is 35.5 Å². The first-order chi connectivity index (χ1) is 7.27. The van der Waals surface area contributed by atoms with E-state index in [0.717, 1.165) is 16.5 Å². The molecule has 0 fully saturated rings. The molecule has 0 bridgehead atoms. The summed E-state index contributed by atoms with van der Waals surface area (Å²) in [6, 6.07) is 7.54. The van der Waals surface area contributed by atoms with E-state index in [1.165, 1.54) is 0 Å². The topological polar surface area (TPSA) is 48.8 Å². The number of hydrogen-bond acceptors (Lipinski definition) is 1. The van der Waals surface area contributed by atoms with E-state index in [2.05, 4.69) is 26.0 Å². The summed E-state index contributed by atoms with van der Waals surface area (Å²) in [6.45, 7) is 0.361. The Morgan fingerprint density at radius 2 is 2.13 bits per heavy atom. The second-order valence-electron chi connectivity index (χ2n) is 2.78. The zero-order chi connectivity index (χ0) is 11.1. The highest BCUT2D eigenvalue weighted by Gasteiger charge is 1.98. The van der Waals surface area contributed by atoms with Crippen LogP contribution in [-0.4, -0.2) is 11.9 Å². The highest BCUT2D eigenvalue weighted by atomic mass is 79.9. The van der Waals surface area contributed by atoms with Gasteiger partial charge in [0.1, 0.15) is 0 Å². The maximum atomic E-state index is 8.16. The summed E-state index contributed by atoms with van der Waals surface area (Å²) in [5.41, 5.74) is 10.3. The van der Waals surface area contributed by atoms with Gasteiger partial charge in [-0.3, -0.25) is 0 Å². The Bertz CT molecular complexity index is 394. The molecular formula is C10H9BrClN3. The maximum Gasteiger partial charge on any atom is 0.0446 e. The van der Waals surface area contributed by atoms with Gasteiger partial charge in [0, 0.05) is 21.8 Å². The van der Waals surface area contributed by atoms with Gasteiger partial charge in [0.2, 0.25) is 0 Å². The monoisotopic (exact) mass is 285 g/mol. The van der Waals surface area contributed by atoms with Crippen LogP contribution in [0, 0.1) is 0 Å². The van der Waals surface area contributed by atoms with Crippen LogP contribution in [0.2, 0.25) is 5.02 Å². The zero-order valence-corrected chi connectivity index (χ0v) is 10.2. The van der Waals surface area contributed by atoms with Crippen LogP contribution in [0.25, 0.3) is 16.0 Å². The molecule has 78 valence electrons. The van der Waals surface area contributed by atoms with Crippen LogP contribution >= 0.6 is 27.5 Å². The van der Waals surface area contributed by atoms with Gasteiger partial charge in [-0.2, -0.15) is 0 Å². The van der Waals surface area contributed by atoms with Crippen molar-refractivity contribution < 1.29 is 0 Å². The number of azide groups is 1. The van der Waals surface area contributed by atoms with Crippen molar-refractivity contribution in [2.24, 2.45) is 5.11 Å². The molecule has 0 radical (unpaired) electrons. The van der Waals surface area contributed by atoms with Gasteiger partial charge in [-0.25, -0.2) is 0 Å². The summed E-state index contributed by atoms with van der Waals surface area (Å²) in [4.78, 5) is 2.69. The van der Waals surface area contributed by atoms with E-state index in [1.807, 2.05) is 30.3 Å². The molecule has 0 aromatic heterocycles. The minimum absolute atomic E-state index is 0.361. The smallest absolute Gasteiger partial charge is 0.0446 e. The van der Waals surface area contributed by atoms with Crippen LogP contribution in [0.5, 0.6) is 0 Å². The van der Waals surface area contributed by atoms with Crippen molar-refractivity contribution in [3.63, 3.8) is 0 Å². The van der Waals surface area contributed by atoms with Gasteiger partial charge in [0.25, 0.3) is 0 Å². The highest BCUT2D eigenvalue weighted by molar-refractivity contribution is 9.09. The van der Waals surface area contributed by atoms with Gasteiger partial charge >= 0.3 is 0 Å². The summed E-state index contributed by atoms with van der Waals surface area (Å²) >= 11 is 9.18. The molecule has 0 atom stereocenters. The molecule has 0 spiro atoms. The van der Waals surface area contributed by atoms with E-state index in [1.54, 1.807) is 0 Å². The molecular weight excluding hydrogens is 277 g/mol. The molecule has 1 aromatic carbocycles. The molecule has 0 aliphatic heterocycles. The average molecular weight is 287 g/mol. The second kappa shape index (κ2) is 6.51. The molecule has 5 heteroatoms. The van der Waals surface area contributed by atoms with Crippen LogP contribution in [0.4, 0.5) is 0 Å². The molecule has 0 aliphatic carbocycles. The third-order valence-corrected chi connectivity index (χ3v) is 2.70. The number of hydrogen-bond donors (Lipinski definition) is 0. The Balaban J connectivity index is 2.86. The van der Waals surface area contributed by atoms with Crippen LogP contribution in [0.1, 0.15) is 5.56 Å². The Morgan fingerprint density at radius 1 is 1.47 bits per heavy atom. The van der Waals surface area contributed by atoms with Gasteiger partial charge in [0.05, 0.1) is 0 Å². The zero-order valence-electron chi connectivity index (χ0n) is 7.90. The third kappa shape index (κ3) is 3.96. The van der Waals surface area contributed by atoms with Gasteiger partial charge in [0.15, 0.2) is 0 Å². The molecule has 0 saturated carbocycles. The number of alkyl halides is 1. The SMILES string of the molecule is [N-]=[N+]=NC/C=C(\CBr)c1ccc(Cl)cc1. The lowest BCUT2D eigenvalue weighted by Crippen LogP contribution is -1.86. The highest BCUT2D eigenvalue weighted by Crippen LogP contribution is 2.19. The predicted octanol–water partition coefficient (Wildman–Crippen LogP) is 4.43. The van der Waals surface area contributed by atoms with E-state index in [0.29, 0.717) is 11.6 Å². The second-order valence-corrected chi connectivity index (χ2v) is 3.78. The van der Waals surface area contributed by atoms with Crippen molar-refractivity contribution in [3.8, 4) is 0 Å². The predicted molar refractivity (Wildman–Crippen MR) is 67.2 cm³/mol. The van der Waals surface area contributed by atoms with E-state index < -0.39 is 0 Å². The van der Waals surface area contributed by atoms with E-state index in [4.69, 9.17) is 17.1 Å². The first-order valence-corrected chi connectivity index (χ1v) is 5.79. The third-order valence-electron chi connectivity index (χ3n) is 1.84. The average Bonchev–Trinajstić information content (AvgIpc) is 2.26. The van der Waals surface area contributed by atoms with Crippen LogP contribution < -0.4 is 0 Å². The quantitative estimate of drug-likeness (QED) is 0.340. The molecule has 0 heterocycles. The Hall–Kier alpha value is -0.960. The van der Waals surface area contributed by atoms with E-state index in [9.17, 15) is 0 Å².